The number of guanidine groups is 1. The second kappa shape index (κ2) is 10.2. The van der Waals surface area contributed by atoms with Crippen LogP contribution in [0.15, 0.2) is 4.99 Å². The molecule has 1 aliphatic carbocycles. The molecule has 3 atom stereocenters. The monoisotopic (exact) mass is 408 g/mol. The van der Waals surface area contributed by atoms with Gasteiger partial charge in [-0.05, 0) is 53.4 Å². The van der Waals surface area contributed by atoms with Gasteiger partial charge in [-0.15, -0.1) is 0 Å². The predicted molar refractivity (Wildman–Crippen MR) is 104 cm³/mol. The highest BCUT2D eigenvalue weighted by atomic mass is 19.4. The molecule has 0 bridgehead atoms. The Morgan fingerprint density at radius 3 is 2.46 bits per heavy atom. The molecule has 0 aromatic rings. The van der Waals surface area contributed by atoms with Gasteiger partial charge in [0.15, 0.2) is 5.96 Å². The molecule has 0 aromatic carbocycles. The lowest BCUT2D eigenvalue weighted by Crippen LogP contribution is -2.47. The van der Waals surface area contributed by atoms with E-state index in [1.807, 2.05) is 27.7 Å². The molecule has 0 saturated heterocycles. The van der Waals surface area contributed by atoms with Gasteiger partial charge in [-0.25, -0.2) is 4.79 Å². The first-order valence-electron chi connectivity index (χ1n) is 9.83. The quantitative estimate of drug-likeness (QED) is 0.535. The molecule has 1 saturated carbocycles. The van der Waals surface area contributed by atoms with Crippen LogP contribution in [0.4, 0.5) is 18.0 Å². The summed E-state index contributed by atoms with van der Waals surface area (Å²) in [5.74, 6) is -0.765. The van der Waals surface area contributed by atoms with Gasteiger partial charge < -0.3 is 20.3 Å². The summed E-state index contributed by atoms with van der Waals surface area (Å²) in [5, 5.41) is 6.22. The van der Waals surface area contributed by atoms with Crippen molar-refractivity contribution in [2.24, 2.45) is 10.9 Å². The van der Waals surface area contributed by atoms with E-state index in [1.165, 1.54) is 4.90 Å². The summed E-state index contributed by atoms with van der Waals surface area (Å²) in [6.07, 6.45) is -2.36. The van der Waals surface area contributed by atoms with Gasteiger partial charge in [-0.2, -0.15) is 13.2 Å². The first-order chi connectivity index (χ1) is 12.8. The molecular weight excluding hydrogens is 373 g/mol. The van der Waals surface area contributed by atoms with Gasteiger partial charge >= 0.3 is 12.3 Å². The van der Waals surface area contributed by atoms with E-state index in [0.29, 0.717) is 31.8 Å². The van der Waals surface area contributed by atoms with Crippen molar-refractivity contribution in [2.75, 3.05) is 20.6 Å². The zero-order valence-corrected chi connectivity index (χ0v) is 17.8. The minimum atomic E-state index is -4.14. The van der Waals surface area contributed by atoms with Crippen LogP contribution < -0.4 is 10.6 Å². The summed E-state index contributed by atoms with van der Waals surface area (Å²) in [6, 6.07) is -0.307. The van der Waals surface area contributed by atoms with Gasteiger partial charge in [0.1, 0.15) is 5.60 Å². The number of ether oxygens (including phenoxy) is 1. The Morgan fingerprint density at radius 2 is 1.93 bits per heavy atom. The van der Waals surface area contributed by atoms with Crippen LogP contribution in [-0.2, 0) is 4.74 Å². The highest BCUT2D eigenvalue weighted by Gasteiger charge is 2.42. The van der Waals surface area contributed by atoms with Crippen LogP contribution in [0, 0.1) is 5.92 Å². The summed E-state index contributed by atoms with van der Waals surface area (Å²) < 4.78 is 44.2. The number of nitrogens with one attached hydrogen (secondary N) is 2. The second-order valence-electron chi connectivity index (χ2n) is 8.47. The van der Waals surface area contributed by atoms with Crippen LogP contribution >= 0.6 is 0 Å². The topological polar surface area (TPSA) is 66.0 Å². The van der Waals surface area contributed by atoms with Crippen LogP contribution in [-0.4, -0.2) is 61.5 Å². The number of carbonyl (C=O) groups excluding carboxylic acids is 1. The number of hydrogen-bond donors (Lipinski definition) is 2. The van der Waals surface area contributed by atoms with Crippen molar-refractivity contribution in [2.45, 2.75) is 83.7 Å². The van der Waals surface area contributed by atoms with E-state index in [1.54, 1.807) is 14.1 Å². The number of rotatable bonds is 5. The van der Waals surface area contributed by atoms with Gasteiger partial charge in [0.2, 0.25) is 0 Å². The number of alkyl halides is 3. The third-order valence-electron chi connectivity index (χ3n) is 4.90. The molecule has 0 aromatic heterocycles. The number of carbonyl (C=O) groups is 1. The molecule has 1 amide bonds. The third-order valence-corrected chi connectivity index (χ3v) is 4.90. The fraction of sp³-hybridized carbons (Fsp3) is 0.895. The molecule has 0 radical (unpaired) electrons. The predicted octanol–water partition coefficient (Wildman–Crippen LogP) is 3.92. The fourth-order valence-corrected chi connectivity index (χ4v) is 3.11. The Hall–Kier alpha value is -1.67. The normalized spacial score (nSPS) is 22.4. The Balaban J connectivity index is 2.43. The minimum absolute atomic E-state index is 0.0650. The Bertz CT molecular complexity index is 532. The molecule has 1 rings (SSSR count). The van der Waals surface area contributed by atoms with Gasteiger partial charge in [0.25, 0.3) is 0 Å². The molecule has 1 fully saturated rings. The maximum Gasteiger partial charge on any atom is 0.410 e. The smallest absolute Gasteiger partial charge is 0.410 e. The number of amides is 1. The molecule has 3 unspecified atom stereocenters. The van der Waals surface area contributed by atoms with Crippen molar-refractivity contribution in [3.8, 4) is 0 Å². The van der Waals surface area contributed by atoms with E-state index < -0.39 is 17.7 Å². The van der Waals surface area contributed by atoms with Crippen LogP contribution in [0.1, 0.15) is 59.8 Å². The second-order valence-corrected chi connectivity index (χ2v) is 8.47. The third kappa shape index (κ3) is 8.56. The lowest BCUT2D eigenvalue weighted by molar-refractivity contribution is -0.183. The Morgan fingerprint density at radius 1 is 1.29 bits per heavy atom. The highest BCUT2D eigenvalue weighted by molar-refractivity contribution is 5.79. The van der Waals surface area contributed by atoms with Crippen molar-refractivity contribution < 1.29 is 22.7 Å². The van der Waals surface area contributed by atoms with Crippen LogP contribution in [0.25, 0.3) is 0 Å². The molecular formula is C19H35F3N4O2. The fourth-order valence-electron chi connectivity index (χ4n) is 3.11. The summed E-state index contributed by atoms with van der Waals surface area (Å²) in [5.41, 5.74) is -0.552. The van der Waals surface area contributed by atoms with Crippen LogP contribution in [0.2, 0.25) is 0 Å². The maximum absolute atomic E-state index is 13.0. The standard InChI is InChI=1S/C19H35F3N4O2/c1-13(26(6)17(27)28-18(2,3)4)10-11-24-16(23-5)25-15-9-7-8-14(12-15)19(20,21)22/h13-15H,7-12H2,1-6H3,(H2,23,24,25). The molecule has 0 heterocycles. The summed E-state index contributed by atoms with van der Waals surface area (Å²) in [4.78, 5) is 17.7. The van der Waals surface area contributed by atoms with Crippen molar-refractivity contribution in [1.82, 2.24) is 15.5 Å². The molecule has 28 heavy (non-hydrogen) atoms. The van der Waals surface area contributed by atoms with E-state index in [9.17, 15) is 18.0 Å². The summed E-state index contributed by atoms with van der Waals surface area (Å²) in [6.45, 7) is 7.89. The zero-order chi connectivity index (χ0) is 21.5. The van der Waals surface area contributed by atoms with E-state index in [-0.39, 0.29) is 31.0 Å². The van der Waals surface area contributed by atoms with Crippen LogP contribution in [0.5, 0.6) is 0 Å². The Labute approximate surface area is 166 Å². The first-order valence-corrected chi connectivity index (χ1v) is 9.83. The molecule has 0 aliphatic heterocycles. The molecule has 0 spiro atoms. The summed E-state index contributed by atoms with van der Waals surface area (Å²) >= 11 is 0. The lowest BCUT2D eigenvalue weighted by atomic mass is 9.85. The van der Waals surface area contributed by atoms with E-state index in [0.717, 1.165) is 0 Å². The lowest BCUT2D eigenvalue weighted by Gasteiger charge is -2.32. The van der Waals surface area contributed by atoms with Crippen LogP contribution in [0.3, 0.4) is 0 Å². The molecule has 6 nitrogen and oxygen atoms in total. The van der Waals surface area contributed by atoms with Crippen molar-refractivity contribution in [3.05, 3.63) is 0 Å². The first kappa shape index (κ1) is 24.4. The average molecular weight is 409 g/mol. The maximum atomic E-state index is 13.0. The highest BCUT2D eigenvalue weighted by Crippen LogP contribution is 2.37. The van der Waals surface area contributed by atoms with E-state index in [2.05, 4.69) is 15.6 Å². The largest absolute Gasteiger partial charge is 0.444 e. The van der Waals surface area contributed by atoms with Gasteiger partial charge in [0, 0.05) is 32.7 Å². The van der Waals surface area contributed by atoms with Crippen molar-refractivity contribution >= 4 is 12.1 Å². The molecule has 164 valence electrons. The van der Waals surface area contributed by atoms with Gasteiger partial charge in [0.05, 0.1) is 5.92 Å². The SMILES string of the molecule is CN=C(NCCC(C)N(C)C(=O)OC(C)(C)C)NC1CCCC(C(F)(F)F)C1. The molecule has 2 N–H and O–H groups in total. The number of aliphatic imine (C=N–C) groups is 1. The minimum Gasteiger partial charge on any atom is -0.444 e. The van der Waals surface area contributed by atoms with Crippen molar-refractivity contribution in [1.29, 1.82) is 0 Å². The summed E-state index contributed by atoms with van der Waals surface area (Å²) in [7, 11) is 3.28. The number of hydrogen-bond acceptors (Lipinski definition) is 3. The molecule has 1 aliphatic rings. The number of halogens is 3. The van der Waals surface area contributed by atoms with Crippen molar-refractivity contribution in [3.63, 3.8) is 0 Å². The zero-order valence-electron chi connectivity index (χ0n) is 17.8. The van der Waals surface area contributed by atoms with E-state index in [4.69, 9.17) is 4.74 Å². The van der Waals surface area contributed by atoms with E-state index >= 15 is 0 Å². The Kier molecular flexibility index (Phi) is 8.88. The average Bonchev–Trinajstić information content (AvgIpc) is 2.58. The van der Waals surface area contributed by atoms with Gasteiger partial charge in [-0.3, -0.25) is 4.99 Å². The molecule has 9 heteroatoms. The van der Waals surface area contributed by atoms with Gasteiger partial charge in [-0.1, -0.05) is 6.42 Å². The number of nitrogens with zero attached hydrogens (tertiary/aromatic N) is 2.